The predicted molar refractivity (Wildman–Crippen MR) is 83.8 cm³/mol. The molecule has 1 N–H and O–H groups in total. The molecule has 0 aromatic carbocycles. The van der Waals surface area contributed by atoms with E-state index in [9.17, 15) is 4.79 Å². The lowest BCUT2D eigenvalue weighted by Crippen LogP contribution is -2.29. The van der Waals surface area contributed by atoms with E-state index in [4.69, 9.17) is 11.6 Å². The predicted octanol–water partition coefficient (Wildman–Crippen LogP) is 1.97. The molecule has 1 saturated heterocycles. The fourth-order valence-corrected chi connectivity index (χ4v) is 2.44. The number of carbonyl (C=O) groups excluding carboxylic acids is 1. The third-order valence-electron chi connectivity index (χ3n) is 3.32. The number of nitrogens with zero attached hydrogens (tertiary/aromatic N) is 4. The van der Waals surface area contributed by atoms with Gasteiger partial charge in [0, 0.05) is 0 Å². The molecule has 7 nitrogen and oxygen atoms in total. The van der Waals surface area contributed by atoms with Crippen LogP contribution < -0.4 is 5.32 Å². The molecule has 22 heavy (non-hydrogen) atoms. The van der Waals surface area contributed by atoms with Gasteiger partial charge in [0.2, 0.25) is 0 Å². The zero-order chi connectivity index (χ0) is 15.9. The lowest BCUT2D eigenvalue weighted by atomic mass is 10.1. The number of rotatable bonds is 3. The van der Waals surface area contributed by atoms with Gasteiger partial charge in [-0.25, -0.2) is 14.6 Å². The van der Waals surface area contributed by atoms with E-state index in [0.717, 1.165) is 37.0 Å². The summed E-state index contributed by atoms with van der Waals surface area (Å²) in [6.07, 6.45) is 5.43. The van der Waals surface area contributed by atoms with Crippen LogP contribution in [0, 0.1) is 0 Å². The van der Waals surface area contributed by atoms with E-state index in [2.05, 4.69) is 25.1 Å². The van der Waals surface area contributed by atoms with Gasteiger partial charge in [-0.05, 0) is 39.8 Å². The van der Waals surface area contributed by atoms with Gasteiger partial charge < -0.3 is 10.1 Å². The van der Waals surface area contributed by atoms with E-state index in [1.807, 2.05) is 4.68 Å². The van der Waals surface area contributed by atoms with Crippen molar-refractivity contribution in [3.8, 4) is 0 Å². The highest BCUT2D eigenvalue weighted by Gasteiger charge is 2.19. The van der Waals surface area contributed by atoms with E-state index in [-0.39, 0.29) is 6.10 Å². The van der Waals surface area contributed by atoms with E-state index < -0.39 is 0 Å². The second-order valence-electron chi connectivity index (χ2n) is 5.25. The molecule has 0 radical (unpaired) electrons. The maximum absolute atomic E-state index is 9.39. The van der Waals surface area contributed by atoms with Gasteiger partial charge in [0.15, 0.2) is 5.65 Å². The molecule has 0 atom stereocenters. The lowest BCUT2D eigenvalue weighted by molar-refractivity contribution is -0.131. The van der Waals surface area contributed by atoms with Crippen LogP contribution in [0.2, 0.25) is 5.15 Å². The molecule has 120 valence electrons. The van der Waals surface area contributed by atoms with Crippen LogP contribution in [0.4, 0.5) is 0 Å². The number of halogens is 1. The minimum absolute atomic E-state index is 0.0301. The molecule has 1 aliphatic heterocycles. The summed E-state index contributed by atoms with van der Waals surface area (Å²) >= 11 is 5.99. The van der Waals surface area contributed by atoms with Gasteiger partial charge >= 0.3 is 0 Å². The van der Waals surface area contributed by atoms with E-state index in [0.29, 0.717) is 17.7 Å². The normalized spacial score (nSPS) is 15.5. The number of fused-ring (bicyclic) bond motifs is 1. The summed E-state index contributed by atoms with van der Waals surface area (Å²) in [5.41, 5.74) is 0.840. The fourth-order valence-electron chi connectivity index (χ4n) is 2.26. The number of ether oxygens (including phenoxy) is 1. The Morgan fingerprint density at radius 2 is 2.14 bits per heavy atom. The van der Waals surface area contributed by atoms with Crippen LogP contribution in [0.15, 0.2) is 12.5 Å². The molecule has 1 aliphatic rings. The standard InChI is InChI=1S/C10H12ClN5.C4H8O2/c11-9-8-5-15-16(10(8)14-6-13-9)7-1-3-12-4-2-7;1-4(2)6-3-5/h5-7,12H,1-4H2;3-4H,1-2H3. The largest absolute Gasteiger partial charge is 0.465 e. The van der Waals surface area contributed by atoms with Gasteiger partial charge in [-0.1, -0.05) is 11.6 Å². The minimum Gasteiger partial charge on any atom is -0.465 e. The number of hydrogen-bond acceptors (Lipinski definition) is 6. The second kappa shape index (κ2) is 8.05. The Labute approximate surface area is 134 Å². The van der Waals surface area contributed by atoms with Crippen LogP contribution >= 0.6 is 11.6 Å². The van der Waals surface area contributed by atoms with Crippen molar-refractivity contribution in [2.75, 3.05) is 13.1 Å². The summed E-state index contributed by atoms with van der Waals surface area (Å²) in [5, 5.41) is 9.03. The van der Waals surface area contributed by atoms with Gasteiger partial charge in [0.1, 0.15) is 11.5 Å². The van der Waals surface area contributed by atoms with Crippen molar-refractivity contribution >= 4 is 29.1 Å². The van der Waals surface area contributed by atoms with Crippen LogP contribution in [0.5, 0.6) is 0 Å². The smallest absolute Gasteiger partial charge is 0.293 e. The first-order valence-electron chi connectivity index (χ1n) is 7.27. The summed E-state index contributed by atoms with van der Waals surface area (Å²) in [4.78, 5) is 17.6. The third-order valence-corrected chi connectivity index (χ3v) is 3.63. The molecule has 8 heteroatoms. The Morgan fingerprint density at radius 3 is 2.73 bits per heavy atom. The third kappa shape index (κ3) is 4.14. The minimum atomic E-state index is 0.0301. The monoisotopic (exact) mass is 325 g/mol. The van der Waals surface area contributed by atoms with Gasteiger partial charge in [-0.2, -0.15) is 5.10 Å². The quantitative estimate of drug-likeness (QED) is 0.686. The maximum Gasteiger partial charge on any atom is 0.293 e. The number of hydrogen-bond donors (Lipinski definition) is 1. The molecular formula is C14H20ClN5O2. The fraction of sp³-hybridized carbons (Fsp3) is 0.571. The van der Waals surface area contributed by atoms with Crippen LogP contribution in [0.1, 0.15) is 32.7 Å². The average Bonchev–Trinajstić information content (AvgIpc) is 2.94. The Morgan fingerprint density at radius 1 is 1.41 bits per heavy atom. The zero-order valence-corrected chi connectivity index (χ0v) is 13.5. The van der Waals surface area contributed by atoms with Crippen LogP contribution in [-0.2, 0) is 9.53 Å². The van der Waals surface area contributed by atoms with Crippen LogP contribution in [0.3, 0.4) is 0 Å². The van der Waals surface area contributed by atoms with Crippen molar-refractivity contribution in [3.63, 3.8) is 0 Å². The first-order chi connectivity index (χ1) is 10.6. The molecule has 0 unspecified atom stereocenters. The highest BCUT2D eigenvalue weighted by atomic mass is 35.5. The van der Waals surface area contributed by atoms with Crippen molar-refractivity contribution in [3.05, 3.63) is 17.7 Å². The Bertz CT molecular complexity index is 610. The Balaban J connectivity index is 0.000000254. The lowest BCUT2D eigenvalue weighted by Gasteiger charge is -2.23. The Hall–Kier alpha value is -1.73. The van der Waals surface area contributed by atoms with Crippen molar-refractivity contribution in [2.45, 2.75) is 38.8 Å². The molecule has 0 amide bonds. The summed E-state index contributed by atoms with van der Waals surface area (Å²) in [7, 11) is 0. The van der Waals surface area contributed by atoms with Crippen molar-refractivity contribution in [2.24, 2.45) is 0 Å². The second-order valence-corrected chi connectivity index (χ2v) is 5.61. The molecule has 0 saturated carbocycles. The molecule has 0 bridgehead atoms. The van der Waals surface area contributed by atoms with Crippen molar-refractivity contribution in [1.29, 1.82) is 0 Å². The number of piperidine rings is 1. The summed E-state index contributed by atoms with van der Waals surface area (Å²) < 4.78 is 6.34. The number of aromatic nitrogens is 4. The molecule has 2 aromatic rings. The molecule has 2 aromatic heterocycles. The maximum atomic E-state index is 9.39. The van der Waals surface area contributed by atoms with Gasteiger partial charge in [-0.15, -0.1) is 0 Å². The first kappa shape index (κ1) is 16.6. The summed E-state index contributed by atoms with van der Waals surface area (Å²) in [5.74, 6) is 0. The van der Waals surface area contributed by atoms with Crippen LogP contribution in [-0.4, -0.2) is 45.4 Å². The van der Waals surface area contributed by atoms with E-state index in [1.165, 1.54) is 6.33 Å². The first-order valence-corrected chi connectivity index (χ1v) is 7.64. The molecule has 0 aliphatic carbocycles. The molecule has 1 fully saturated rings. The zero-order valence-electron chi connectivity index (χ0n) is 12.7. The number of nitrogens with one attached hydrogen (secondary N) is 1. The molecular weight excluding hydrogens is 306 g/mol. The highest BCUT2D eigenvalue weighted by Crippen LogP contribution is 2.25. The Kier molecular flexibility index (Phi) is 6.09. The van der Waals surface area contributed by atoms with E-state index in [1.54, 1.807) is 20.0 Å². The number of carbonyl (C=O) groups is 1. The highest BCUT2D eigenvalue weighted by molar-refractivity contribution is 6.33. The SMILES string of the molecule is CC(C)OC=O.Clc1ncnc2c1cnn2C1CCNCC1. The summed E-state index contributed by atoms with van der Waals surface area (Å²) in [6.45, 7) is 6.11. The van der Waals surface area contributed by atoms with Crippen molar-refractivity contribution < 1.29 is 9.53 Å². The van der Waals surface area contributed by atoms with Gasteiger partial charge in [0.05, 0.1) is 23.7 Å². The topological polar surface area (TPSA) is 81.9 Å². The van der Waals surface area contributed by atoms with Crippen molar-refractivity contribution in [1.82, 2.24) is 25.1 Å². The van der Waals surface area contributed by atoms with E-state index >= 15 is 0 Å². The molecule has 3 rings (SSSR count). The average molecular weight is 326 g/mol. The van der Waals surface area contributed by atoms with Gasteiger partial charge in [-0.3, -0.25) is 4.79 Å². The molecule has 3 heterocycles. The summed E-state index contributed by atoms with van der Waals surface area (Å²) in [6, 6.07) is 0.421. The van der Waals surface area contributed by atoms with Crippen LogP contribution in [0.25, 0.3) is 11.0 Å². The molecule has 0 spiro atoms. The van der Waals surface area contributed by atoms with Gasteiger partial charge in [0.25, 0.3) is 6.47 Å².